The first-order valence-electron chi connectivity index (χ1n) is 14.5. The van der Waals surface area contributed by atoms with Crippen LogP contribution in [-0.4, -0.2) is 57.2 Å². The molecule has 2 aromatic heterocycles. The zero-order valence-electron chi connectivity index (χ0n) is 25.6. The van der Waals surface area contributed by atoms with Crippen LogP contribution in [0, 0.1) is 32.6 Å². The predicted molar refractivity (Wildman–Crippen MR) is 182 cm³/mol. The Morgan fingerprint density at radius 2 is 1.89 bits per heavy atom. The molecule has 0 bridgehead atoms. The van der Waals surface area contributed by atoms with Crippen LogP contribution in [0.3, 0.4) is 0 Å². The number of aromatic carboxylic acids is 1. The molecule has 0 saturated heterocycles. The Labute approximate surface area is 282 Å². The molecule has 13 heteroatoms. The molecule has 10 nitrogen and oxygen atoms in total. The zero-order valence-corrected chi connectivity index (χ0v) is 28.0. The molecule has 1 aliphatic heterocycles. The average molecular weight is 682 g/mol. The number of thiophene rings is 1. The van der Waals surface area contributed by atoms with E-state index in [2.05, 4.69) is 41.2 Å². The molecule has 2 aromatic carbocycles. The number of ether oxygens (including phenoxy) is 1. The number of halogens is 2. The number of carbonyl (C=O) groups excluding carboxylic acids is 1. The second kappa shape index (κ2) is 15.4. The van der Waals surface area contributed by atoms with Crippen LogP contribution in [0.5, 0.6) is 5.75 Å². The van der Waals surface area contributed by atoms with Gasteiger partial charge in [0.1, 0.15) is 22.6 Å². The Kier molecular flexibility index (Phi) is 11.6. The summed E-state index contributed by atoms with van der Waals surface area (Å²) in [5, 5.41) is 22.8. The van der Waals surface area contributed by atoms with Gasteiger partial charge >= 0.3 is 5.97 Å². The van der Waals surface area contributed by atoms with Crippen molar-refractivity contribution in [2.24, 2.45) is 10.7 Å². The van der Waals surface area contributed by atoms with Crippen molar-refractivity contribution >= 4 is 52.9 Å². The van der Waals surface area contributed by atoms with E-state index in [-0.39, 0.29) is 36.8 Å². The molecule has 0 fully saturated rings. The highest BCUT2D eigenvalue weighted by molar-refractivity contribution is 7.15. The second-order valence-electron chi connectivity index (χ2n) is 10.5. The number of carboxylic acid groups (broad SMARTS) is 1. The van der Waals surface area contributed by atoms with Crippen molar-refractivity contribution < 1.29 is 19.4 Å². The minimum absolute atomic E-state index is 0. The van der Waals surface area contributed by atoms with Crippen molar-refractivity contribution in [2.75, 3.05) is 19.7 Å². The SMILES string of the molecule is Cc1sc2c(c1C)C(c1ccc(Cl)cc1)=N[C@@H](CC(=O)NCCCCOc1ccc(C(=O)O)c(C#CCN)c1)c1nnc(C)n1-2.Cl. The van der Waals surface area contributed by atoms with Crippen molar-refractivity contribution in [3.8, 4) is 22.6 Å². The van der Waals surface area contributed by atoms with Gasteiger partial charge in [0, 0.05) is 33.1 Å². The van der Waals surface area contributed by atoms with Crippen molar-refractivity contribution in [3.63, 3.8) is 0 Å². The molecule has 0 aliphatic carbocycles. The van der Waals surface area contributed by atoms with Crippen LogP contribution in [0.15, 0.2) is 47.5 Å². The molecule has 4 aromatic rings. The number of amides is 1. The molecule has 0 unspecified atom stereocenters. The molecular weight excluding hydrogens is 647 g/mol. The van der Waals surface area contributed by atoms with Crippen LogP contribution in [-0.2, 0) is 4.79 Å². The lowest BCUT2D eigenvalue weighted by Crippen LogP contribution is -2.26. The van der Waals surface area contributed by atoms with Crippen LogP contribution < -0.4 is 15.8 Å². The number of hydrogen-bond donors (Lipinski definition) is 3. The number of rotatable bonds is 10. The number of carbonyl (C=O) groups is 2. The molecule has 1 atom stereocenters. The van der Waals surface area contributed by atoms with Gasteiger partial charge in [-0.15, -0.1) is 33.9 Å². The van der Waals surface area contributed by atoms with Gasteiger partial charge in [-0.1, -0.05) is 35.6 Å². The summed E-state index contributed by atoms with van der Waals surface area (Å²) < 4.78 is 7.83. The highest BCUT2D eigenvalue weighted by Gasteiger charge is 2.32. The number of fused-ring (bicyclic) bond motifs is 3. The van der Waals surface area contributed by atoms with E-state index in [1.807, 2.05) is 35.8 Å². The number of carboxylic acids is 1. The molecule has 4 N–H and O–H groups in total. The minimum Gasteiger partial charge on any atom is -0.494 e. The summed E-state index contributed by atoms with van der Waals surface area (Å²) in [6.45, 7) is 7.07. The maximum absolute atomic E-state index is 13.2. The first kappa shape index (κ1) is 34.7. The molecule has 46 heavy (non-hydrogen) atoms. The summed E-state index contributed by atoms with van der Waals surface area (Å²) in [6.07, 6.45) is 1.48. The molecule has 1 aliphatic rings. The fourth-order valence-corrected chi connectivity index (χ4v) is 6.41. The van der Waals surface area contributed by atoms with E-state index < -0.39 is 12.0 Å². The van der Waals surface area contributed by atoms with Gasteiger partial charge in [0.25, 0.3) is 0 Å². The highest BCUT2D eigenvalue weighted by Crippen LogP contribution is 2.39. The van der Waals surface area contributed by atoms with Gasteiger partial charge in [0.15, 0.2) is 5.82 Å². The van der Waals surface area contributed by atoms with Crippen molar-refractivity contribution in [1.82, 2.24) is 20.1 Å². The maximum atomic E-state index is 13.2. The summed E-state index contributed by atoms with van der Waals surface area (Å²) in [4.78, 5) is 30.9. The molecule has 1 amide bonds. The topological polar surface area (TPSA) is 145 Å². The monoisotopic (exact) mass is 680 g/mol. The maximum Gasteiger partial charge on any atom is 0.336 e. The zero-order chi connectivity index (χ0) is 32.1. The van der Waals surface area contributed by atoms with Crippen LogP contribution >= 0.6 is 35.3 Å². The lowest BCUT2D eigenvalue weighted by Gasteiger charge is -2.13. The number of nitrogens with two attached hydrogens (primary N) is 1. The van der Waals surface area contributed by atoms with Crippen molar-refractivity contribution in [1.29, 1.82) is 0 Å². The van der Waals surface area contributed by atoms with E-state index >= 15 is 0 Å². The summed E-state index contributed by atoms with van der Waals surface area (Å²) >= 11 is 7.86. The van der Waals surface area contributed by atoms with E-state index in [0.717, 1.165) is 33.2 Å². The van der Waals surface area contributed by atoms with E-state index in [1.165, 1.54) is 10.9 Å². The van der Waals surface area contributed by atoms with Gasteiger partial charge in [0.2, 0.25) is 5.91 Å². The molecule has 3 heterocycles. The number of hydrogen-bond acceptors (Lipinski definition) is 8. The first-order chi connectivity index (χ1) is 21.7. The lowest BCUT2D eigenvalue weighted by molar-refractivity contribution is -0.121. The Bertz CT molecular complexity index is 1840. The first-order valence-corrected chi connectivity index (χ1v) is 15.7. The van der Waals surface area contributed by atoms with Crippen LogP contribution in [0.4, 0.5) is 0 Å². The fourth-order valence-electron chi connectivity index (χ4n) is 5.07. The van der Waals surface area contributed by atoms with Gasteiger partial charge in [-0.05, 0) is 69.5 Å². The predicted octanol–water partition coefficient (Wildman–Crippen LogP) is 5.60. The van der Waals surface area contributed by atoms with Gasteiger partial charge in [-0.3, -0.25) is 14.4 Å². The third-order valence-corrected chi connectivity index (χ3v) is 8.89. The standard InChI is InChI=1S/C33H33ClN6O4S.ClH/c1-19-20(2)45-32-29(19)30(22-8-10-24(34)11-9-22)37-27(31-39-38-21(3)40(31)32)18-28(41)36-15-4-5-16-44-25-12-13-26(33(42)43)23(17-25)7-6-14-35;/h8-13,17,27H,4-5,14-16,18,35H2,1-3H3,(H,36,41)(H,42,43);1H/t27-;/m0./s1. The van der Waals surface area contributed by atoms with Crippen LogP contribution in [0.1, 0.15) is 74.4 Å². The number of aromatic nitrogens is 3. The van der Waals surface area contributed by atoms with Gasteiger partial charge < -0.3 is 20.9 Å². The van der Waals surface area contributed by atoms with Gasteiger partial charge in [-0.2, -0.15) is 0 Å². The smallest absolute Gasteiger partial charge is 0.336 e. The average Bonchev–Trinajstić information content (AvgIpc) is 3.49. The normalized spacial score (nSPS) is 13.2. The summed E-state index contributed by atoms with van der Waals surface area (Å²) in [7, 11) is 0. The quantitative estimate of drug-likeness (QED) is 0.146. The van der Waals surface area contributed by atoms with Crippen molar-refractivity contribution in [3.05, 3.63) is 91.8 Å². The highest BCUT2D eigenvalue weighted by atomic mass is 35.5. The second-order valence-corrected chi connectivity index (χ2v) is 12.2. The van der Waals surface area contributed by atoms with E-state index in [0.29, 0.717) is 48.2 Å². The van der Waals surface area contributed by atoms with Crippen LogP contribution in [0.2, 0.25) is 5.02 Å². The van der Waals surface area contributed by atoms with E-state index in [4.69, 9.17) is 27.1 Å². The molecular formula is C33H34Cl2N6O4S. The van der Waals surface area contributed by atoms with Gasteiger partial charge in [0.05, 0.1) is 30.8 Å². The van der Waals surface area contributed by atoms with Gasteiger partial charge in [-0.25, -0.2) is 4.79 Å². The third-order valence-electron chi connectivity index (χ3n) is 7.44. The molecule has 0 saturated carbocycles. The Hall–Kier alpha value is -4.21. The summed E-state index contributed by atoms with van der Waals surface area (Å²) in [6, 6.07) is 11.7. The molecule has 0 radical (unpaired) electrons. The third kappa shape index (κ3) is 7.59. The lowest BCUT2D eigenvalue weighted by atomic mass is 9.99. The Morgan fingerprint density at radius 3 is 2.61 bits per heavy atom. The molecule has 240 valence electrons. The number of aliphatic imine (C=N–C) groups is 1. The Morgan fingerprint density at radius 1 is 1.13 bits per heavy atom. The molecule has 0 spiro atoms. The largest absolute Gasteiger partial charge is 0.494 e. The van der Waals surface area contributed by atoms with E-state index in [1.54, 1.807) is 23.5 Å². The number of nitrogens with zero attached hydrogens (tertiary/aromatic N) is 4. The Balaban J connectivity index is 0.00000480. The molecule has 5 rings (SSSR count). The summed E-state index contributed by atoms with van der Waals surface area (Å²) in [5.41, 5.74) is 9.74. The van der Waals surface area contributed by atoms with Crippen LogP contribution in [0.25, 0.3) is 5.00 Å². The number of unbranched alkanes of at least 4 members (excludes halogenated alkanes) is 1. The summed E-state index contributed by atoms with van der Waals surface area (Å²) in [5.74, 6) is 6.14. The van der Waals surface area contributed by atoms with E-state index in [9.17, 15) is 14.7 Å². The number of nitrogens with one attached hydrogen (secondary N) is 1. The number of aryl methyl sites for hydroxylation is 2. The fraction of sp³-hybridized carbons (Fsp3) is 0.303. The van der Waals surface area contributed by atoms with Crippen molar-refractivity contribution in [2.45, 2.75) is 46.1 Å². The number of benzene rings is 2. The minimum atomic E-state index is -1.06.